The third kappa shape index (κ3) is 5.82. The van der Waals surface area contributed by atoms with Gasteiger partial charge in [-0.25, -0.2) is 0 Å². The first-order valence-corrected chi connectivity index (χ1v) is 6.26. The van der Waals surface area contributed by atoms with Crippen LogP contribution in [0.3, 0.4) is 0 Å². The molecule has 1 aromatic carbocycles. The van der Waals surface area contributed by atoms with Crippen LogP contribution < -0.4 is 5.32 Å². The van der Waals surface area contributed by atoms with Crippen molar-refractivity contribution in [2.45, 2.75) is 32.9 Å². The largest absolute Gasteiger partial charge is 0.396 e. The lowest BCUT2D eigenvalue weighted by molar-refractivity contribution is 0.228. The van der Waals surface area contributed by atoms with Crippen molar-refractivity contribution < 1.29 is 10.2 Å². The highest BCUT2D eigenvalue weighted by Gasteiger charge is 1.99. The molecule has 1 aromatic rings. The molecule has 0 amide bonds. The molecule has 0 aliphatic rings. The van der Waals surface area contributed by atoms with Crippen molar-refractivity contribution >= 4 is 0 Å². The molecule has 17 heavy (non-hydrogen) atoms. The summed E-state index contributed by atoms with van der Waals surface area (Å²) >= 11 is 0. The molecule has 0 aliphatic carbocycles. The molecule has 0 bridgehead atoms. The van der Waals surface area contributed by atoms with Gasteiger partial charge in [0, 0.05) is 13.2 Å². The monoisotopic (exact) mass is 237 g/mol. The van der Waals surface area contributed by atoms with Crippen LogP contribution in [0.15, 0.2) is 24.3 Å². The SMILES string of the molecule is CC(CO)CCCNCc1ccc(CO)cc1. The lowest BCUT2D eigenvalue weighted by atomic mass is 10.1. The summed E-state index contributed by atoms with van der Waals surface area (Å²) < 4.78 is 0. The van der Waals surface area contributed by atoms with Gasteiger partial charge < -0.3 is 15.5 Å². The molecule has 0 aromatic heterocycles. The van der Waals surface area contributed by atoms with Crippen LogP contribution in [0.25, 0.3) is 0 Å². The molecule has 0 aliphatic heterocycles. The molecule has 3 nitrogen and oxygen atoms in total. The Morgan fingerprint density at radius 3 is 2.35 bits per heavy atom. The number of hydrogen-bond acceptors (Lipinski definition) is 3. The summed E-state index contributed by atoms with van der Waals surface area (Å²) in [6.07, 6.45) is 2.16. The fourth-order valence-electron chi connectivity index (χ4n) is 1.66. The van der Waals surface area contributed by atoms with Crippen molar-refractivity contribution in [3.63, 3.8) is 0 Å². The van der Waals surface area contributed by atoms with Gasteiger partial charge >= 0.3 is 0 Å². The van der Waals surface area contributed by atoms with Gasteiger partial charge in [0.15, 0.2) is 0 Å². The van der Waals surface area contributed by atoms with Gasteiger partial charge in [-0.1, -0.05) is 31.2 Å². The van der Waals surface area contributed by atoms with Crippen LogP contribution in [-0.4, -0.2) is 23.4 Å². The van der Waals surface area contributed by atoms with Crippen LogP contribution in [0, 0.1) is 5.92 Å². The molecule has 0 heterocycles. The first-order chi connectivity index (χ1) is 8.26. The van der Waals surface area contributed by atoms with Gasteiger partial charge in [-0.05, 0) is 36.4 Å². The summed E-state index contributed by atoms with van der Waals surface area (Å²) in [5.41, 5.74) is 2.18. The van der Waals surface area contributed by atoms with Crippen molar-refractivity contribution in [1.29, 1.82) is 0 Å². The van der Waals surface area contributed by atoms with Crippen molar-refractivity contribution in [2.24, 2.45) is 5.92 Å². The van der Waals surface area contributed by atoms with Gasteiger partial charge in [-0.15, -0.1) is 0 Å². The third-order valence-corrected chi connectivity index (χ3v) is 2.90. The maximum Gasteiger partial charge on any atom is 0.0681 e. The number of benzene rings is 1. The van der Waals surface area contributed by atoms with Gasteiger partial charge in [0.25, 0.3) is 0 Å². The van der Waals surface area contributed by atoms with E-state index in [0.29, 0.717) is 5.92 Å². The molecule has 0 radical (unpaired) electrons. The molecule has 96 valence electrons. The molecular weight excluding hydrogens is 214 g/mol. The highest BCUT2D eigenvalue weighted by atomic mass is 16.3. The van der Waals surface area contributed by atoms with Gasteiger partial charge in [-0.3, -0.25) is 0 Å². The molecule has 0 saturated carbocycles. The summed E-state index contributed by atoms with van der Waals surface area (Å²) in [7, 11) is 0. The molecule has 1 unspecified atom stereocenters. The smallest absolute Gasteiger partial charge is 0.0681 e. The number of hydrogen-bond donors (Lipinski definition) is 3. The Morgan fingerprint density at radius 1 is 1.12 bits per heavy atom. The van der Waals surface area contributed by atoms with E-state index in [4.69, 9.17) is 10.2 Å². The predicted octanol–water partition coefficient (Wildman–Crippen LogP) is 1.68. The van der Waals surface area contributed by atoms with Crippen molar-refractivity contribution in [3.8, 4) is 0 Å². The average molecular weight is 237 g/mol. The van der Waals surface area contributed by atoms with E-state index < -0.39 is 0 Å². The Labute approximate surface area is 103 Å². The topological polar surface area (TPSA) is 52.5 Å². The van der Waals surface area contributed by atoms with Crippen LogP contribution in [0.5, 0.6) is 0 Å². The highest BCUT2D eigenvalue weighted by Crippen LogP contribution is 2.05. The Bertz CT molecular complexity index is 298. The quantitative estimate of drug-likeness (QED) is 0.603. The van der Waals surface area contributed by atoms with E-state index in [-0.39, 0.29) is 13.2 Å². The molecule has 1 atom stereocenters. The summed E-state index contributed by atoms with van der Waals surface area (Å²) in [5, 5.41) is 21.2. The van der Waals surface area contributed by atoms with Crippen LogP contribution in [0.1, 0.15) is 30.9 Å². The molecule has 0 spiro atoms. The Morgan fingerprint density at radius 2 is 1.76 bits per heavy atom. The van der Waals surface area contributed by atoms with E-state index in [1.54, 1.807) is 0 Å². The number of rotatable bonds is 8. The number of nitrogens with one attached hydrogen (secondary N) is 1. The zero-order chi connectivity index (χ0) is 12.5. The third-order valence-electron chi connectivity index (χ3n) is 2.90. The lowest BCUT2D eigenvalue weighted by Gasteiger charge is -2.08. The molecule has 0 saturated heterocycles. The Balaban J connectivity index is 2.13. The molecule has 3 N–H and O–H groups in total. The van der Waals surface area contributed by atoms with Gasteiger partial charge in [0.05, 0.1) is 6.61 Å². The van der Waals surface area contributed by atoms with Crippen molar-refractivity contribution in [2.75, 3.05) is 13.2 Å². The van der Waals surface area contributed by atoms with Crippen molar-refractivity contribution in [3.05, 3.63) is 35.4 Å². The minimum atomic E-state index is 0.104. The lowest BCUT2D eigenvalue weighted by Crippen LogP contribution is -2.16. The van der Waals surface area contributed by atoms with E-state index in [9.17, 15) is 0 Å². The first-order valence-electron chi connectivity index (χ1n) is 6.26. The minimum Gasteiger partial charge on any atom is -0.396 e. The van der Waals surface area contributed by atoms with Gasteiger partial charge in [0.1, 0.15) is 0 Å². The van der Waals surface area contributed by atoms with Gasteiger partial charge in [-0.2, -0.15) is 0 Å². The molecule has 1 rings (SSSR count). The second-order valence-corrected chi connectivity index (χ2v) is 4.58. The van der Waals surface area contributed by atoms with Crippen LogP contribution >= 0.6 is 0 Å². The van der Waals surface area contributed by atoms with E-state index in [2.05, 4.69) is 12.2 Å². The summed E-state index contributed by atoms with van der Waals surface area (Å²) in [6.45, 7) is 4.29. The zero-order valence-corrected chi connectivity index (χ0v) is 10.5. The average Bonchev–Trinajstić information content (AvgIpc) is 2.38. The van der Waals surface area contributed by atoms with E-state index in [0.717, 1.165) is 31.5 Å². The fraction of sp³-hybridized carbons (Fsp3) is 0.571. The fourth-order valence-corrected chi connectivity index (χ4v) is 1.66. The van der Waals surface area contributed by atoms with Crippen LogP contribution in [0.4, 0.5) is 0 Å². The van der Waals surface area contributed by atoms with E-state index >= 15 is 0 Å². The Hall–Kier alpha value is -0.900. The highest BCUT2D eigenvalue weighted by molar-refractivity contribution is 5.21. The Kier molecular flexibility index (Phi) is 6.86. The van der Waals surface area contributed by atoms with Crippen molar-refractivity contribution in [1.82, 2.24) is 5.32 Å². The van der Waals surface area contributed by atoms with Crippen LogP contribution in [-0.2, 0) is 13.2 Å². The van der Waals surface area contributed by atoms with Gasteiger partial charge in [0.2, 0.25) is 0 Å². The standard InChI is InChI=1S/C14H23NO2/c1-12(10-16)3-2-8-15-9-13-4-6-14(11-17)7-5-13/h4-7,12,15-17H,2-3,8-11H2,1H3. The maximum absolute atomic E-state index is 8.91. The second-order valence-electron chi connectivity index (χ2n) is 4.58. The molecule has 3 heteroatoms. The maximum atomic E-state index is 8.91. The number of aliphatic hydroxyl groups excluding tert-OH is 2. The molecule has 0 fully saturated rings. The normalized spacial score (nSPS) is 12.6. The molecular formula is C14H23NO2. The second kappa shape index (κ2) is 8.23. The van der Waals surface area contributed by atoms with E-state index in [1.807, 2.05) is 24.3 Å². The van der Waals surface area contributed by atoms with Crippen LogP contribution in [0.2, 0.25) is 0 Å². The van der Waals surface area contributed by atoms with E-state index in [1.165, 1.54) is 5.56 Å². The summed E-state index contributed by atoms with van der Waals surface area (Å²) in [5.74, 6) is 0.403. The zero-order valence-electron chi connectivity index (χ0n) is 10.5. The minimum absolute atomic E-state index is 0.104. The summed E-state index contributed by atoms with van der Waals surface area (Å²) in [6, 6.07) is 7.97. The summed E-state index contributed by atoms with van der Waals surface area (Å²) in [4.78, 5) is 0. The number of aliphatic hydroxyl groups is 2. The predicted molar refractivity (Wildman–Crippen MR) is 69.6 cm³/mol. The first kappa shape index (κ1) is 14.2.